The molecule has 0 radical (unpaired) electrons. The van der Waals surface area contributed by atoms with E-state index >= 15 is 0 Å². The summed E-state index contributed by atoms with van der Waals surface area (Å²) in [6.07, 6.45) is -2.32. The van der Waals surface area contributed by atoms with Gasteiger partial charge in [-0.3, -0.25) is 0 Å². The lowest BCUT2D eigenvalue weighted by molar-refractivity contribution is -0.137. The molecule has 0 saturated heterocycles. The molecular formula is C20H19F3N4O. The summed E-state index contributed by atoms with van der Waals surface area (Å²) in [6, 6.07) is 14.3. The van der Waals surface area contributed by atoms with Gasteiger partial charge in [0.15, 0.2) is 0 Å². The Morgan fingerprint density at radius 2 is 1.75 bits per heavy atom. The van der Waals surface area contributed by atoms with Crippen LogP contribution in [0.4, 0.5) is 30.5 Å². The summed E-state index contributed by atoms with van der Waals surface area (Å²) in [5.41, 5.74) is 0.643. The molecule has 8 heteroatoms. The van der Waals surface area contributed by atoms with E-state index in [0.29, 0.717) is 23.9 Å². The lowest BCUT2D eigenvalue weighted by atomic mass is 10.1. The first-order valence-corrected chi connectivity index (χ1v) is 8.58. The van der Waals surface area contributed by atoms with E-state index < -0.39 is 11.7 Å². The minimum absolute atomic E-state index is 0.300. The maximum Gasteiger partial charge on any atom is 0.416 e. The van der Waals surface area contributed by atoms with Gasteiger partial charge in [-0.2, -0.15) is 13.2 Å². The van der Waals surface area contributed by atoms with Gasteiger partial charge in [-0.05, 0) is 36.2 Å². The van der Waals surface area contributed by atoms with Gasteiger partial charge in [0.25, 0.3) is 0 Å². The molecule has 0 aliphatic carbocycles. The Bertz CT molecular complexity index is 931. The number of alkyl halides is 3. The number of hydrogen-bond acceptors (Lipinski definition) is 5. The number of nitrogens with zero attached hydrogens (tertiary/aromatic N) is 2. The van der Waals surface area contributed by atoms with Crippen LogP contribution in [0, 0.1) is 0 Å². The molecule has 0 saturated carbocycles. The van der Waals surface area contributed by atoms with E-state index in [1.54, 1.807) is 19.2 Å². The van der Waals surface area contributed by atoms with E-state index in [4.69, 9.17) is 4.74 Å². The molecule has 1 heterocycles. The summed E-state index contributed by atoms with van der Waals surface area (Å²) < 4.78 is 43.8. The van der Waals surface area contributed by atoms with Crippen molar-refractivity contribution in [3.63, 3.8) is 0 Å². The molecule has 0 amide bonds. The van der Waals surface area contributed by atoms with Crippen LogP contribution in [0.1, 0.15) is 11.1 Å². The summed E-state index contributed by atoms with van der Waals surface area (Å²) in [7, 11) is 1.63. The molecule has 0 aliphatic heterocycles. The Morgan fingerprint density at radius 3 is 2.54 bits per heavy atom. The van der Waals surface area contributed by atoms with Crippen LogP contribution >= 0.6 is 0 Å². The Balaban J connectivity index is 1.63. The number of benzene rings is 2. The second-order valence-corrected chi connectivity index (χ2v) is 5.98. The molecular weight excluding hydrogens is 369 g/mol. The second kappa shape index (κ2) is 8.60. The van der Waals surface area contributed by atoms with E-state index in [2.05, 4.69) is 20.6 Å². The first-order valence-electron chi connectivity index (χ1n) is 8.58. The van der Waals surface area contributed by atoms with E-state index in [-0.39, 0.29) is 0 Å². The van der Waals surface area contributed by atoms with Crippen LogP contribution in [0.25, 0.3) is 0 Å². The third-order valence-corrected chi connectivity index (χ3v) is 4.02. The van der Waals surface area contributed by atoms with Gasteiger partial charge in [-0.1, -0.05) is 24.3 Å². The van der Waals surface area contributed by atoms with Gasteiger partial charge >= 0.3 is 6.18 Å². The zero-order valence-electron chi connectivity index (χ0n) is 15.1. The van der Waals surface area contributed by atoms with E-state index in [1.807, 2.05) is 24.3 Å². The highest BCUT2D eigenvalue weighted by Gasteiger charge is 2.30. The molecule has 2 N–H and O–H groups in total. The highest BCUT2D eigenvalue weighted by Crippen LogP contribution is 2.31. The van der Waals surface area contributed by atoms with Crippen molar-refractivity contribution in [1.82, 2.24) is 9.97 Å². The molecule has 3 rings (SSSR count). The van der Waals surface area contributed by atoms with Crippen molar-refractivity contribution < 1.29 is 17.9 Å². The number of hydrogen-bond donors (Lipinski definition) is 2. The third-order valence-electron chi connectivity index (χ3n) is 4.02. The number of halogens is 3. The number of methoxy groups -OCH3 is 1. The molecule has 28 heavy (non-hydrogen) atoms. The smallest absolute Gasteiger partial charge is 0.416 e. The predicted octanol–water partition coefficient (Wildman–Crippen LogP) is 4.90. The predicted molar refractivity (Wildman–Crippen MR) is 102 cm³/mol. The minimum atomic E-state index is -4.39. The molecule has 3 aromatic rings. The third kappa shape index (κ3) is 5.12. The molecule has 0 fully saturated rings. The molecule has 5 nitrogen and oxygen atoms in total. The number of para-hydroxylation sites is 1. The summed E-state index contributed by atoms with van der Waals surface area (Å²) in [4.78, 5) is 8.19. The molecule has 0 bridgehead atoms. The van der Waals surface area contributed by atoms with Crippen molar-refractivity contribution in [2.45, 2.75) is 12.6 Å². The standard InChI is InChI=1S/C20H19F3N4O/c1-28-17-8-3-2-5-14(17)9-10-24-18-12-19(26-13-25-18)27-16-7-4-6-15(11-16)20(21,22)23/h2-8,11-13H,9-10H2,1H3,(H2,24,25,26,27). The molecule has 1 aromatic heterocycles. The van der Waals surface area contributed by atoms with E-state index in [9.17, 15) is 13.2 Å². The normalized spacial score (nSPS) is 11.1. The Kier molecular flexibility index (Phi) is 5.98. The van der Waals surface area contributed by atoms with E-state index in [0.717, 1.165) is 29.9 Å². The highest BCUT2D eigenvalue weighted by atomic mass is 19.4. The van der Waals surface area contributed by atoms with Gasteiger partial charge < -0.3 is 15.4 Å². The van der Waals surface area contributed by atoms with Gasteiger partial charge in [-0.15, -0.1) is 0 Å². The molecule has 146 valence electrons. The zero-order valence-corrected chi connectivity index (χ0v) is 15.1. The van der Waals surface area contributed by atoms with Crippen molar-refractivity contribution in [2.24, 2.45) is 0 Å². The van der Waals surface area contributed by atoms with Crippen molar-refractivity contribution in [3.8, 4) is 5.75 Å². The number of anilines is 3. The van der Waals surface area contributed by atoms with Crippen LogP contribution in [-0.2, 0) is 12.6 Å². The van der Waals surface area contributed by atoms with Crippen LogP contribution in [-0.4, -0.2) is 23.6 Å². The lowest BCUT2D eigenvalue weighted by Crippen LogP contribution is -2.08. The maximum atomic E-state index is 12.8. The number of nitrogens with one attached hydrogen (secondary N) is 2. The minimum Gasteiger partial charge on any atom is -0.496 e. The Hall–Kier alpha value is -3.29. The van der Waals surface area contributed by atoms with Gasteiger partial charge in [-0.25, -0.2) is 9.97 Å². The number of ether oxygens (including phenoxy) is 1. The van der Waals surface area contributed by atoms with Crippen LogP contribution < -0.4 is 15.4 Å². The fourth-order valence-corrected chi connectivity index (χ4v) is 2.68. The number of rotatable bonds is 7. The van der Waals surface area contributed by atoms with Crippen molar-refractivity contribution in [3.05, 3.63) is 72.1 Å². The first-order chi connectivity index (χ1) is 13.5. The second-order valence-electron chi connectivity index (χ2n) is 5.98. The fourth-order valence-electron chi connectivity index (χ4n) is 2.68. The van der Waals surface area contributed by atoms with Gasteiger partial charge in [0, 0.05) is 18.3 Å². The van der Waals surface area contributed by atoms with E-state index in [1.165, 1.54) is 12.4 Å². The van der Waals surface area contributed by atoms with Gasteiger partial charge in [0.2, 0.25) is 0 Å². The zero-order chi connectivity index (χ0) is 20.0. The largest absolute Gasteiger partial charge is 0.496 e. The summed E-state index contributed by atoms with van der Waals surface area (Å²) in [5, 5.41) is 6.05. The SMILES string of the molecule is COc1ccccc1CCNc1cc(Nc2cccc(C(F)(F)F)c2)ncn1. The molecule has 0 atom stereocenters. The van der Waals surface area contributed by atoms with Gasteiger partial charge in [0.1, 0.15) is 23.7 Å². The molecule has 2 aromatic carbocycles. The first kappa shape index (κ1) is 19.5. The Morgan fingerprint density at radius 1 is 0.964 bits per heavy atom. The van der Waals surface area contributed by atoms with Crippen molar-refractivity contribution in [2.75, 3.05) is 24.3 Å². The Labute approximate surface area is 160 Å². The van der Waals surface area contributed by atoms with Crippen LogP contribution in [0.5, 0.6) is 5.75 Å². The average Bonchev–Trinajstić information content (AvgIpc) is 2.68. The summed E-state index contributed by atoms with van der Waals surface area (Å²) in [6.45, 7) is 0.611. The van der Waals surface area contributed by atoms with Crippen molar-refractivity contribution in [1.29, 1.82) is 0 Å². The molecule has 0 spiro atoms. The summed E-state index contributed by atoms with van der Waals surface area (Å²) >= 11 is 0. The highest BCUT2D eigenvalue weighted by molar-refractivity contribution is 5.59. The van der Waals surface area contributed by atoms with Crippen LogP contribution in [0.3, 0.4) is 0 Å². The number of aromatic nitrogens is 2. The van der Waals surface area contributed by atoms with Crippen LogP contribution in [0.15, 0.2) is 60.9 Å². The topological polar surface area (TPSA) is 59.1 Å². The van der Waals surface area contributed by atoms with Crippen LogP contribution in [0.2, 0.25) is 0 Å². The van der Waals surface area contributed by atoms with Gasteiger partial charge in [0.05, 0.1) is 12.7 Å². The molecule has 0 unspecified atom stereocenters. The lowest BCUT2D eigenvalue weighted by Gasteiger charge is -2.12. The quantitative estimate of drug-likeness (QED) is 0.603. The maximum absolute atomic E-state index is 12.8. The fraction of sp³-hybridized carbons (Fsp3) is 0.200. The monoisotopic (exact) mass is 388 g/mol. The average molecular weight is 388 g/mol. The van der Waals surface area contributed by atoms with Crippen molar-refractivity contribution >= 4 is 17.3 Å². The summed E-state index contributed by atoms with van der Waals surface area (Å²) in [5.74, 6) is 1.78. The molecule has 0 aliphatic rings.